The zero-order valence-corrected chi connectivity index (χ0v) is 13.8. The van der Waals surface area contributed by atoms with E-state index in [9.17, 15) is 0 Å². The fraction of sp³-hybridized carbons (Fsp3) is 0.286. The maximum atomic E-state index is 5.91. The Kier molecular flexibility index (Phi) is 4.83. The maximum absolute atomic E-state index is 5.91. The highest BCUT2D eigenvalue weighted by atomic mass is 79.9. The molecular formula is C14H15BrClN3O. The Morgan fingerprint density at radius 1 is 1.25 bits per heavy atom. The van der Waals surface area contributed by atoms with Crippen LogP contribution < -0.4 is 10.1 Å². The van der Waals surface area contributed by atoms with E-state index in [0.717, 1.165) is 16.1 Å². The number of hydrogen-bond donors (Lipinski definition) is 1. The molecule has 0 aliphatic heterocycles. The van der Waals surface area contributed by atoms with Crippen LogP contribution in [0.15, 0.2) is 28.7 Å². The predicted octanol–water partition coefficient (Wildman–Crippen LogP) is 4.85. The Hall–Kier alpha value is -1.33. The van der Waals surface area contributed by atoms with Gasteiger partial charge in [-0.3, -0.25) is 0 Å². The fourth-order valence-corrected chi connectivity index (χ4v) is 2.32. The lowest BCUT2D eigenvalue weighted by Crippen LogP contribution is -2.03. The minimum atomic E-state index is 0.222. The molecule has 0 saturated carbocycles. The minimum Gasteiger partial charge on any atom is -0.438 e. The van der Waals surface area contributed by atoms with E-state index in [1.807, 2.05) is 20.9 Å². The molecule has 6 heteroatoms. The van der Waals surface area contributed by atoms with Gasteiger partial charge < -0.3 is 10.1 Å². The fourth-order valence-electron chi connectivity index (χ4n) is 1.55. The molecule has 0 radical (unpaired) electrons. The molecule has 0 unspecified atom stereocenters. The highest BCUT2D eigenvalue weighted by molar-refractivity contribution is 9.10. The predicted molar refractivity (Wildman–Crippen MR) is 84.9 cm³/mol. The Bertz CT molecular complexity index is 619. The molecule has 2 rings (SSSR count). The van der Waals surface area contributed by atoms with Crippen molar-refractivity contribution >= 4 is 33.3 Å². The molecule has 1 aromatic carbocycles. The van der Waals surface area contributed by atoms with Crippen molar-refractivity contribution in [3.05, 3.63) is 39.6 Å². The second-order valence-electron chi connectivity index (χ2n) is 4.53. The third kappa shape index (κ3) is 3.61. The van der Waals surface area contributed by atoms with Crippen LogP contribution in [0.4, 0.5) is 5.82 Å². The summed E-state index contributed by atoms with van der Waals surface area (Å²) in [5.74, 6) is 2.83. The van der Waals surface area contributed by atoms with Gasteiger partial charge in [0.05, 0.1) is 4.47 Å². The number of benzene rings is 1. The Morgan fingerprint density at radius 2 is 2.00 bits per heavy atom. The zero-order valence-electron chi connectivity index (χ0n) is 11.4. The monoisotopic (exact) mass is 355 g/mol. The number of aromatic nitrogens is 2. The van der Waals surface area contributed by atoms with Crippen molar-refractivity contribution < 1.29 is 4.74 Å². The van der Waals surface area contributed by atoms with Crippen molar-refractivity contribution in [2.24, 2.45) is 0 Å². The highest BCUT2D eigenvalue weighted by Gasteiger charge is 2.10. The lowest BCUT2D eigenvalue weighted by Gasteiger charge is -2.11. The molecule has 0 fully saturated rings. The van der Waals surface area contributed by atoms with Gasteiger partial charge in [0.25, 0.3) is 0 Å². The van der Waals surface area contributed by atoms with Crippen LogP contribution in [0.25, 0.3) is 0 Å². The van der Waals surface area contributed by atoms with Gasteiger partial charge in [-0.1, -0.05) is 25.4 Å². The van der Waals surface area contributed by atoms with Crippen LogP contribution >= 0.6 is 27.5 Å². The van der Waals surface area contributed by atoms with Crippen LogP contribution in [0, 0.1) is 0 Å². The molecule has 0 saturated heterocycles. The van der Waals surface area contributed by atoms with Crippen molar-refractivity contribution in [1.29, 1.82) is 0 Å². The first kappa shape index (κ1) is 15.1. The highest BCUT2D eigenvalue weighted by Crippen LogP contribution is 2.32. The summed E-state index contributed by atoms with van der Waals surface area (Å²) in [4.78, 5) is 8.81. The number of hydrogen-bond acceptors (Lipinski definition) is 4. The van der Waals surface area contributed by atoms with Crippen LogP contribution in [-0.2, 0) is 0 Å². The summed E-state index contributed by atoms with van der Waals surface area (Å²) in [5.41, 5.74) is 0. The van der Waals surface area contributed by atoms with E-state index >= 15 is 0 Å². The summed E-state index contributed by atoms with van der Waals surface area (Å²) in [6.07, 6.45) is 0. The molecule has 0 bridgehead atoms. The number of ether oxygens (including phenoxy) is 1. The van der Waals surface area contributed by atoms with Gasteiger partial charge in [0.15, 0.2) is 0 Å². The summed E-state index contributed by atoms with van der Waals surface area (Å²) in [7, 11) is 1.81. The average Bonchev–Trinajstić information content (AvgIpc) is 2.41. The average molecular weight is 357 g/mol. The van der Waals surface area contributed by atoms with Crippen molar-refractivity contribution in [1.82, 2.24) is 9.97 Å². The van der Waals surface area contributed by atoms with E-state index in [4.69, 9.17) is 16.3 Å². The Morgan fingerprint density at radius 3 is 2.60 bits per heavy atom. The molecule has 1 N–H and O–H groups in total. The van der Waals surface area contributed by atoms with E-state index in [0.29, 0.717) is 16.7 Å². The summed E-state index contributed by atoms with van der Waals surface area (Å²) in [6.45, 7) is 4.08. The lowest BCUT2D eigenvalue weighted by molar-refractivity contribution is 0.454. The van der Waals surface area contributed by atoms with E-state index in [1.165, 1.54) is 0 Å². The maximum Gasteiger partial charge on any atom is 0.224 e. The topological polar surface area (TPSA) is 47.0 Å². The standard InChI is InChI=1S/C14H15BrClN3O/c1-8(2)14-18-12(17-3)7-13(19-14)20-11-5-4-9(16)6-10(11)15/h4-8H,1-3H3,(H,17,18,19). The second-order valence-corrected chi connectivity index (χ2v) is 5.82. The molecule has 0 aliphatic carbocycles. The van der Waals surface area contributed by atoms with Crippen molar-refractivity contribution in [3.63, 3.8) is 0 Å². The number of nitrogens with one attached hydrogen (secondary N) is 1. The second kappa shape index (κ2) is 6.41. The number of anilines is 1. The van der Waals surface area contributed by atoms with E-state index in [-0.39, 0.29) is 5.92 Å². The molecular weight excluding hydrogens is 342 g/mol. The largest absolute Gasteiger partial charge is 0.438 e. The minimum absolute atomic E-state index is 0.222. The van der Waals surface area contributed by atoms with Gasteiger partial charge in [-0.05, 0) is 34.1 Å². The molecule has 1 aromatic heterocycles. The molecule has 0 amide bonds. The van der Waals surface area contributed by atoms with E-state index in [2.05, 4.69) is 31.2 Å². The van der Waals surface area contributed by atoms with Gasteiger partial charge in [-0.2, -0.15) is 4.98 Å². The molecule has 0 aliphatic rings. The smallest absolute Gasteiger partial charge is 0.224 e. The van der Waals surface area contributed by atoms with Crippen molar-refractivity contribution in [3.8, 4) is 11.6 Å². The zero-order chi connectivity index (χ0) is 14.7. The quantitative estimate of drug-likeness (QED) is 0.850. The molecule has 20 heavy (non-hydrogen) atoms. The summed E-state index contributed by atoms with van der Waals surface area (Å²) < 4.78 is 6.58. The third-order valence-electron chi connectivity index (χ3n) is 2.60. The summed E-state index contributed by atoms with van der Waals surface area (Å²) in [6, 6.07) is 7.10. The van der Waals surface area contributed by atoms with Gasteiger partial charge in [0.1, 0.15) is 17.4 Å². The molecule has 106 valence electrons. The molecule has 0 spiro atoms. The van der Waals surface area contributed by atoms with Crippen molar-refractivity contribution in [2.45, 2.75) is 19.8 Å². The van der Waals surface area contributed by atoms with Crippen LogP contribution in [0.3, 0.4) is 0 Å². The Balaban J connectivity index is 2.34. The first-order valence-corrected chi connectivity index (χ1v) is 7.36. The van der Waals surface area contributed by atoms with Crippen LogP contribution in [-0.4, -0.2) is 17.0 Å². The third-order valence-corrected chi connectivity index (χ3v) is 3.46. The number of nitrogens with zero attached hydrogens (tertiary/aromatic N) is 2. The van der Waals surface area contributed by atoms with Gasteiger partial charge in [-0.15, -0.1) is 0 Å². The molecule has 2 aromatic rings. The van der Waals surface area contributed by atoms with Gasteiger partial charge in [0, 0.05) is 24.1 Å². The first-order valence-electron chi connectivity index (χ1n) is 6.19. The number of rotatable bonds is 4. The molecule has 1 heterocycles. The molecule has 0 atom stereocenters. The van der Waals surface area contributed by atoms with E-state index < -0.39 is 0 Å². The lowest BCUT2D eigenvalue weighted by atomic mass is 10.2. The van der Waals surface area contributed by atoms with Crippen LogP contribution in [0.2, 0.25) is 5.02 Å². The van der Waals surface area contributed by atoms with Crippen molar-refractivity contribution in [2.75, 3.05) is 12.4 Å². The Labute approximate surface area is 131 Å². The molecule has 4 nitrogen and oxygen atoms in total. The number of halogens is 2. The SMILES string of the molecule is CNc1cc(Oc2ccc(Cl)cc2Br)nc(C(C)C)n1. The van der Waals surface area contributed by atoms with Gasteiger partial charge >= 0.3 is 0 Å². The van der Waals surface area contributed by atoms with Crippen LogP contribution in [0.5, 0.6) is 11.6 Å². The van der Waals surface area contributed by atoms with E-state index in [1.54, 1.807) is 24.3 Å². The normalized spacial score (nSPS) is 10.7. The van der Waals surface area contributed by atoms with Crippen LogP contribution in [0.1, 0.15) is 25.6 Å². The van der Waals surface area contributed by atoms with Gasteiger partial charge in [0.2, 0.25) is 5.88 Å². The summed E-state index contributed by atoms with van der Waals surface area (Å²) in [5, 5.41) is 3.65. The first-order chi connectivity index (χ1) is 9.49. The summed E-state index contributed by atoms with van der Waals surface area (Å²) >= 11 is 9.33. The van der Waals surface area contributed by atoms with Gasteiger partial charge in [-0.25, -0.2) is 4.98 Å².